The Morgan fingerprint density at radius 1 is 1.08 bits per heavy atom. The van der Waals surface area contributed by atoms with Gasteiger partial charge in [0.2, 0.25) is 0 Å². The fourth-order valence-electron chi connectivity index (χ4n) is 2.59. The first-order chi connectivity index (χ1) is 11.4. The van der Waals surface area contributed by atoms with E-state index in [4.69, 9.17) is 0 Å². The van der Waals surface area contributed by atoms with Gasteiger partial charge in [-0.05, 0) is 35.7 Å². The predicted octanol–water partition coefficient (Wildman–Crippen LogP) is 5.09. The second-order valence-corrected chi connectivity index (χ2v) is 5.98. The first-order valence-corrected chi connectivity index (χ1v) is 7.73. The van der Waals surface area contributed by atoms with Crippen molar-refractivity contribution in [3.8, 4) is 0 Å². The number of rotatable bonds is 4. The highest BCUT2D eigenvalue weighted by Crippen LogP contribution is 2.29. The Morgan fingerprint density at radius 3 is 2.42 bits per heavy atom. The number of hydrogen-bond acceptors (Lipinski definition) is 2. The van der Waals surface area contributed by atoms with Gasteiger partial charge in [0.15, 0.2) is 0 Å². The predicted molar refractivity (Wildman–Crippen MR) is 88.1 cm³/mol. The smallest absolute Gasteiger partial charge is 0.366 e. The fraction of sp³-hybridized carbons (Fsp3) is 0.278. The average Bonchev–Trinajstić information content (AvgIpc) is 2.91. The maximum Gasteiger partial charge on any atom is 0.416 e. The molecule has 3 nitrogen and oxygen atoms in total. The van der Waals surface area contributed by atoms with E-state index >= 15 is 0 Å². The minimum Gasteiger partial charge on any atom is -0.366 e. The van der Waals surface area contributed by atoms with E-state index in [9.17, 15) is 13.2 Å². The van der Waals surface area contributed by atoms with Gasteiger partial charge in [0, 0.05) is 12.7 Å². The maximum atomic E-state index is 12.6. The molecular weight excluding hydrogens is 315 g/mol. The van der Waals surface area contributed by atoms with E-state index in [1.54, 1.807) is 0 Å². The SMILES string of the molecule is CC(C)c1nc2ccccn2c1NCc1ccc(C(F)(F)F)cc1. The second-order valence-electron chi connectivity index (χ2n) is 5.98. The molecule has 0 atom stereocenters. The normalized spacial score (nSPS) is 12.1. The number of imidazole rings is 1. The van der Waals surface area contributed by atoms with Crippen LogP contribution in [0.3, 0.4) is 0 Å². The Kier molecular flexibility index (Phi) is 4.22. The molecular formula is C18H18F3N3. The zero-order valence-electron chi connectivity index (χ0n) is 13.4. The molecule has 2 heterocycles. The van der Waals surface area contributed by atoms with Crippen molar-refractivity contribution in [3.05, 3.63) is 65.5 Å². The van der Waals surface area contributed by atoms with Crippen molar-refractivity contribution in [2.24, 2.45) is 0 Å². The van der Waals surface area contributed by atoms with Gasteiger partial charge in [-0.2, -0.15) is 13.2 Å². The number of anilines is 1. The van der Waals surface area contributed by atoms with Gasteiger partial charge in [-0.25, -0.2) is 4.98 Å². The maximum absolute atomic E-state index is 12.6. The number of hydrogen-bond donors (Lipinski definition) is 1. The van der Waals surface area contributed by atoms with Crippen molar-refractivity contribution in [1.29, 1.82) is 0 Å². The van der Waals surface area contributed by atoms with Gasteiger partial charge in [0.05, 0.1) is 11.3 Å². The van der Waals surface area contributed by atoms with Gasteiger partial charge in [-0.15, -0.1) is 0 Å². The van der Waals surface area contributed by atoms with E-state index in [2.05, 4.69) is 24.1 Å². The molecule has 0 amide bonds. The van der Waals surface area contributed by atoms with Crippen molar-refractivity contribution in [2.75, 3.05) is 5.32 Å². The lowest BCUT2D eigenvalue weighted by molar-refractivity contribution is -0.137. The number of alkyl halides is 3. The highest BCUT2D eigenvalue weighted by atomic mass is 19.4. The molecule has 0 spiro atoms. The van der Waals surface area contributed by atoms with Crippen LogP contribution in [0.5, 0.6) is 0 Å². The van der Waals surface area contributed by atoms with Gasteiger partial charge in [0.25, 0.3) is 0 Å². The molecule has 126 valence electrons. The van der Waals surface area contributed by atoms with Crippen molar-refractivity contribution < 1.29 is 13.2 Å². The molecule has 3 rings (SSSR count). The monoisotopic (exact) mass is 333 g/mol. The van der Waals surface area contributed by atoms with E-state index in [0.29, 0.717) is 6.54 Å². The van der Waals surface area contributed by atoms with Crippen LogP contribution in [0.25, 0.3) is 5.65 Å². The second kappa shape index (κ2) is 6.19. The van der Waals surface area contributed by atoms with Gasteiger partial charge in [-0.3, -0.25) is 4.40 Å². The van der Waals surface area contributed by atoms with Crippen LogP contribution in [-0.4, -0.2) is 9.38 Å². The van der Waals surface area contributed by atoms with Gasteiger partial charge in [-0.1, -0.05) is 32.0 Å². The molecule has 0 saturated heterocycles. The summed E-state index contributed by atoms with van der Waals surface area (Å²) in [6.45, 7) is 4.55. The van der Waals surface area contributed by atoms with Gasteiger partial charge in [0.1, 0.15) is 11.5 Å². The molecule has 0 saturated carbocycles. The van der Waals surface area contributed by atoms with Gasteiger partial charge >= 0.3 is 6.18 Å². The number of pyridine rings is 1. The molecule has 3 aromatic rings. The molecule has 0 radical (unpaired) electrons. The summed E-state index contributed by atoms with van der Waals surface area (Å²) in [5.41, 5.74) is 1.93. The lowest BCUT2D eigenvalue weighted by Crippen LogP contribution is -2.07. The number of nitrogens with one attached hydrogen (secondary N) is 1. The number of halogens is 3. The van der Waals surface area contributed by atoms with E-state index in [1.165, 1.54) is 12.1 Å². The Balaban J connectivity index is 1.84. The van der Waals surface area contributed by atoms with Crippen LogP contribution in [0.2, 0.25) is 0 Å². The van der Waals surface area contributed by atoms with Crippen LogP contribution in [0, 0.1) is 0 Å². The highest BCUT2D eigenvalue weighted by molar-refractivity contribution is 5.56. The lowest BCUT2D eigenvalue weighted by atomic mass is 10.1. The third-order valence-electron chi connectivity index (χ3n) is 3.84. The fourth-order valence-corrected chi connectivity index (χ4v) is 2.59. The Hall–Kier alpha value is -2.50. The molecule has 0 aliphatic heterocycles. The summed E-state index contributed by atoms with van der Waals surface area (Å²) in [6.07, 6.45) is -2.39. The average molecular weight is 333 g/mol. The highest BCUT2D eigenvalue weighted by Gasteiger charge is 2.29. The first kappa shape index (κ1) is 16.4. The van der Waals surface area contributed by atoms with Crippen molar-refractivity contribution in [1.82, 2.24) is 9.38 Å². The van der Waals surface area contributed by atoms with E-state index in [1.807, 2.05) is 28.8 Å². The zero-order chi connectivity index (χ0) is 17.3. The lowest BCUT2D eigenvalue weighted by Gasteiger charge is -2.11. The molecule has 24 heavy (non-hydrogen) atoms. The van der Waals surface area contributed by atoms with E-state index in [-0.39, 0.29) is 5.92 Å². The topological polar surface area (TPSA) is 29.3 Å². The van der Waals surface area contributed by atoms with Crippen molar-refractivity contribution in [2.45, 2.75) is 32.5 Å². The number of aromatic nitrogens is 2. The number of nitrogens with zero attached hydrogens (tertiary/aromatic N) is 2. The van der Waals surface area contributed by atoms with Crippen LogP contribution >= 0.6 is 0 Å². The Bertz CT molecular complexity index is 833. The first-order valence-electron chi connectivity index (χ1n) is 7.73. The van der Waals surface area contributed by atoms with Crippen LogP contribution in [0.1, 0.15) is 36.6 Å². The largest absolute Gasteiger partial charge is 0.416 e. The molecule has 0 unspecified atom stereocenters. The van der Waals surface area contributed by atoms with E-state index < -0.39 is 11.7 Å². The van der Waals surface area contributed by atoms with Crippen LogP contribution in [0.15, 0.2) is 48.7 Å². The summed E-state index contributed by atoms with van der Waals surface area (Å²) >= 11 is 0. The number of fused-ring (bicyclic) bond motifs is 1. The number of benzene rings is 1. The standard InChI is InChI=1S/C18H18F3N3/c1-12(2)16-17(24-10-4-3-5-15(24)23-16)22-11-13-6-8-14(9-7-13)18(19,20)21/h3-10,12,22H,11H2,1-2H3. The van der Waals surface area contributed by atoms with Crippen molar-refractivity contribution >= 4 is 11.5 Å². The summed E-state index contributed by atoms with van der Waals surface area (Å²) in [6, 6.07) is 11.0. The molecule has 0 aliphatic carbocycles. The minimum absolute atomic E-state index is 0.236. The van der Waals surface area contributed by atoms with Gasteiger partial charge < -0.3 is 5.32 Å². The summed E-state index contributed by atoms with van der Waals surface area (Å²) in [5, 5.41) is 3.31. The third kappa shape index (κ3) is 3.22. The summed E-state index contributed by atoms with van der Waals surface area (Å²) in [7, 11) is 0. The third-order valence-corrected chi connectivity index (χ3v) is 3.84. The Morgan fingerprint density at radius 2 is 1.79 bits per heavy atom. The quantitative estimate of drug-likeness (QED) is 0.721. The molecule has 0 bridgehead atoms. The molecule has 0 fully saturated rings. The minimum atomic E-state index is -4.31. The molecule has 1 N–H and O–H groups in total. The summed E-state index contributed by atoms with van der Waals surface area (Å²) in [4.78, 5) is 4.62. The Labute approximate surface area is 138 Å². The summed E-state index contributed by atoms with van der Waals surface area (Å²) < 4.78 is 39.8. The zero-order valence-corrected chi connectivity index (χ0v) is 13.4. The molecule has 6 heteroatoms. The van der Waals surface area contributed by atoms with Crippen LogP contribution in [0.4, 0.5) is 19.0 Å². The molecule has 1 aromatic carbocycles. The molecule has 2 aromatic heterocycles. The molecule has 0 aliphatic rings. The van der Waals surface area contributed by atoms with Crippen molar-refractivity contribution in [3.63, 3.8) is 0 Å². The van der Waals surface area contributed by atoms with E-state index in [0.717, 1.165) is 34.9 Å². The van der Waals surface area contributed by atoms with Crippen LogP contribution in [-0.2, 0) is 12.7 Å². The summed E-state index contributed by atoms with van der Waals surface area (Å²) in [5.74, 6) is 1.11. The van der Waals surface area contributed by atoms with Crippen LogP contribution < -0.4 is 5.32 Å².